The average Bonchev–Trinajstić information content (AvgIpc) is 2.44. The minimum absolute atomic E-state index is 0.195. The van der Waals surface area contributed by atoms with Crippen molar-refractivity contribution in [2.75, 3.05) is 7.11 Å². The van der Waals surface area contributed by atoms with Crippen LogP contribution in [0.1, 0.15) is 18.4 Å². The minimum Gasteiger partial charge on any atom is -0.497 e. The molecule has 0 aromatic heterocycles. The highest BCUT2D eigenvalue weighted by Gasteiger charge is 2.27. The van der Waals surface area contributed by atoms with Gasteiger partial charge in [0.1, 0.15) is 5.75 Å². The molecule has 0 amide bonds. The van der Waals surface area contributed by atoms with Gasteiger partial charge >= 0.3 is 6.18 Å². The number of halogens is 3. The fourth-order valence-corrected chi connectivity index (χ4v) is 2.31. The number of aliphatic hydroxyl groups is 1. The molecule has 2 aromatic carbocycles. The Bertz CT molecular complexity index is 608. The summed E-state index contributed by atoms with van der Waals surface area (Å²) >= 11 is 0. The van der Waals surface area contributed by atoms with E-state index in [4.69, 9.17) is 4.74 Å². The van der Waals surface area contributed by atoms with E-state index >= 15 is 0 Å². The van der Waals surface area contributed by atoms with Crippen molar-refractivity contribution in [2.45, 2.75) is 31.5 Å². The lowest BCUT2D eigenvalue weighted by atomic mass is 9.98. The summed E-state index contributed by atoms with van der Waals surface area (Å²) in [6.07, 6.45) is -6.31. The molecule has 114 valence electrons. The highest BCUT2D eigenvalue weighted by atomic mass is 19.4. The van der Waals surface area contributed by atoms with Gasteiger partial charge in [0.25, 0.3) is 0 Å². The first-order chi connectivity index (χ1) is 9.89. The summed E-state index contributed by atoms with van der Waals surface area (Å²) in [5.41, 5.74) is 0.820. The van der Waals surface area contributed by atoms with Crippen LogP contribution in [0.15, 0.2) is 36.4 Å². The Morgan fingerprint density at radius 1 is 1.19 bits per heavy atom. The largest absolute Gasteiger partial charge is 0.497 e. The van der Waals surface area contributed by atoms with Crippen LogP contribution in [0, 0.1) is 0 Å². The normalized spacial score (nSPS) is 13.4. The van der Waals surface area contributed by atoms with Gasteiger partial charge in [0, 0.05) is 6.42 Å². The van der Waals surface area contributed by atoms with Crippen molar-refractivity contribution in [1.82, 2.24) is 0 Å². The molecule has 21 heavy (non-hydrogen) atoms. The topological polar surface area (TPSA) is 29.5 Å². The van der Waals surface area contributed by atoms with Gasteiger partial charge in [-0.05, 0) is 41.3 Å². The van der Waals surface area contributed by atoms with Crippen molar-refractivity contribution in [2.24, 2.45) is 0 Å². The fraction of sp³-hybridized carbons (Fsp3) is 0.375. The van der Waals surface area contributed by atoms with Crippen LogP contribution in [0.25, 0.3) is 10.8 Å². The molecular formula is C16H17F3O2. The second-order valence-electron chi connectivity index (χ2n) is 5.02. The Labute approximate surface area is 121 Å². The lowest BCUT2D eigenvalue weighted by Gasteiger charge is -2.14. The number of hydrogen-bond donors (Lipinski definition) is 1. The van der Waals surface area contributed by atoms with Gasteiger partial charge in [-0.1, -0.05) is 24.3 Å². The summed E-state index contributed by atoms with van der Waals surface area (Å²) in [6, 6.07) is 11.1. The van der Waals surface area contributed by atoms with Crippen LogP contribution in [-0.2, 0) is 6.42 Å². The van der Waals surface area contributed by atoms with Gasteiger partial charge in [0.2, 0.25) is 0 Å². The second-order valence-corrected chi connectivity index (χ2v) is 5.02. The first kappa shape index (κ1) is 15.6. The first-order valence-electron chi connectivity index (χ1n) is 6.69. The monoisotopic (exact) mass is 298 g/mol. The third kappa shape index (κ3) is 4.36. The number of ether oxygens (including phenoxy) is 1. The molecule has 0 saturated heterocycles. The van der Waals surface area contributed by atoms with E-state index in [1.54, 1.807) is 7.11 Å². The maximum Gasteiger partial charge on any atom is 0.389 e. The molecule has 0 aliphatic carbocycles. The third-order valence-corrected chi connectivity index (χ3v) is 3.40. The Hall–Kier alpha value is -1.75. The van der Waals surface area contributed by atoms with Crippen LogP contribution in [0.5, 0.6) is 5.75 Å². The van der Waals surface area contributed by atoms with Crippen LogP contribution in [-0.4, -0.2) is 24.5 Å². The van der Waals surface area contributed by atoms with Crippen molar-refractivity contribution in [3.05, 3.63) is 42.0 Å². The molecule has 0 radical (unpaired) electrons. The molecular weight excluding hydrogens is 281 g/mol. The van der Waals surface area contributed by atoms with Crippen molar-refractivity contribution < 1.29 is 23.0 Å². The standard InChI is InChI=1S/C16H17F3O2/c1-21-14-6-5-11-3-2-4-12(15(11)10-14)9-13(20)7-8-16(17,18)19/h2-6,10,13,20H,7-9H2,1H3. The van der Waals surface area contributed by atoms with Gasteiger partial charge in [-0.2, -0.15) is 13.2 Å². The van der Waals surface area contributed by atoms with E-state index in [0.717, 1.165) is 16.3 Å². The molecule has 0 aliphatic heterocycles. The van der Waals surface area contributed by atoms with Gasteiger partial charge in [0.05, 0.1) is 13.2 Å². The molecule has 0 fully saturated rings. The maximum absolute atomic E-state index is 12.2. The summed E-state index contributed by atoms with van der Waals surface area (Å²) in [5, 5.41) is 11.7. The fourth-order valence-electron chi connectivity index (χ4n) is 2.31. The summed E-state index contributed by atoms with van der Waals surface area (Å²) in [6.45, 7) is 0. The molecule has 1 N–H and O–H groups in total. The lowest BCUT2D eigenvalue weighted by molar-refractivity contribution is -0.139. The molecule has 0 heterocycles. The Morgan fingerprint density at radius 3 is 2.62 bits per heavy atom. The van der Waals surface area contributed by atoms with E-state index in [1.165, 1.54) is 0 Å². The molecule has 1 atom stereocenters. The van der Waals surface area contributed by atoms with Crippen LogP contribution in [0.4, 0.5) is 13.2 Å². The molecule has 2 rings (SSSR count). The molecule has 0 bridgehead atoms. The van der Waals surface area contributed by atoms with Gasteiger partial charge in [-0.25, -0.2) is 0 Å². The Morgan fingerprint density at radius 2 is 1.95 bits per heavy atom. The van der Waals surface area contributed by atoms with Gasteiger partial charge in [0.15, 0.2) is 0 Å². The van der Waals surface area contributed by atoms with Crippen LogP contribution < -0.4 is 4.74 Å². The molecule has 0 saturated carbocycles. The smallest absolute Gasteiger partial charge is 0.389 e. The number of rotatable bonds is 5. The van der Waals surface area contributed by atoms with Crippen molar-refractivity contribution >= 4 is 10.8 Å². The van der Waals surface area contributed by atoms with Crippen molar-refractivity contribution in [1.29, 1.82) is 0 Å². The average molecular weight is 298 g/mol. The molecule has 0 spiro atoms. The van der Waals surface area contributed by atoms with E-state index in [9.17, 15) is 18.3 Å². The summed E-state index contributed by atoms with van der Waals surface area (Å²) < 4.78 is 41.7. The Balaban J connectivity index is 2.17. The van der Waals surface area contributed by atoms with E-state index in [-0.39, 0.29) is 12.8 Å². The van der Waals surface area contributed by atoms with Gasteiger partial charge in [-0.15, -0.1) is 0 Å². The molecule has 1 unspecified atom stereocenters. The van der Waals surface area contributed by atoms with E-state index < -0.39 is 18.7 Å². The van der Waals surface area contributed by atoms with Crippen molar-refractivity contribution in [3.8, 4) is 5.75 Å². The van der Waals surface area contributed by atoms with Crippen LogP contribution >= 0.6 is 0 Å². The predicted octanol–water partition coefficient (Wildman–Crippen LogP) is 4.09. The third-order valence-electron chi connectivity index (χ3n) is 3.40. The number of methoxy groups -OCH3 is 1. The summed E-state index contributed by atoms with van der Waals surface area (Å²) in [4.78, 5) is 0. The minimum atomic E-state index is -4.23. The van der Waals surface area contributed by atoms with Crippen molar-refractivity contribution in [3.63, 3.8) is 0 Å². The zero-order valence-electron chi connectivity index (χ0n) is 11.7. The second kappa shape index (κ2) is 6.35. The van der Waals surface area contributed by atoms with Crippen LogP contribution in [0.3, 0.4) is 0 Å². The highest BCUT2D eigenvalue weighted by Crippen LogP contribution is 2.27. The molecule has 0 aliphatic rings. The zero-order chi connectivity index (χ0) is 15.5. The molecule has 5 heteroatoms. The quantitative estimate of drug-likeness (QED) is 0.900. The van der Waals surface area contributed by atoms with Gasteiger partial charge in [-0.3, -0.25) is 0 Å². The summed E-state index contributed by atoms with van der Waals surface area (Å²) in [5.74, 6) is 0.680. The van der Waals surface area contributed by atoms with Gasteiger partial charge < -0.3 is 9.84 Å². The maximum atomic E-state index is 12.2. The van der Waals surface area contributed by atoms with Crippen LogP contribution in [0.2, 0.25) is 0 Å². The van der Waals surface area contributed by atoms with E-state index in [1.807, 2.05) is 36.4 Å². The Kier molecular flexibility index (Phi) is 4.73. The predicted molar refractivity (Wildman–Crippen MR) is 75.5 cm³/mol. The number of hydrogen-bond acceptors (Lipinski definition) is 2. The highest BCUT2D eigenvalue weighted by molar-refractivity contribution is 5.87. The number of benzene rings is 2. The lowest BCUT2D eigenvalue weighted by Crippen LogP contribution is -2.16. The number of aliphatic hydroxyl groups excluding tert-OH is 1. The zero-order valence-corrected chi connectivity index (χ0v) is 11.7. The summed E-state index contributed by atoms with van der Waals surface area (Å²) in [7, 11) is 1.56. The number of alkyl halides is 3. The van der Waals surface area contributed by atoms with E-state index in [0.29, 0.717) is 5.75 Å². The molecule has 2 aromatic rings. The SMILES string of the molecule is COc1ccc2cccc(CC(O)CCC(F)(F)F)c2c1. The molecule has 2 nitrogen and oxygen atoms in total. The first-order valence-corrected chi connectivity index (χ1v) is 6.69. The van der Waals surface area contributed by atoms with E-state index in [2.05, 4.69) is 0 Å². The number of fused-ring (bicyclic) bond motifs is 1.